The Balaban J connectivity index is 2.31. The molecule has 0 fully saturated rings. The van der Waals surface area contributed by atoms with E-state index in [4.69, 9.17) is 4.42 Å². The molecule has 0 aliphatic rings. The van der Waals surface area contributed by atoms with Gasteiger partial charge in [0.05, 0.1) is 12.7 Å². The quantitative estimate of drug-likeness (QED) is 0.939. The Bertz CT molecular complexity index is 494. The van der Waals surface area contributed by atoms with Gasteiger partial charge in [-0.1, -0.05) is 28.1 Å². The normalized spacial score (nSPS) is 10.7. The number of nitrogens with one attached hydrogen (secondary N) is 1. The fourth-order valence-corrected chi connectivity index (χ4v) is 1.80. The molecule has 1 N–H and O–H groups in total. The molecule has 3 nitrogen and oxygen atoms in total. The second kappa shape index (κ2) is 4.80. The summed E-state index contributed by atoms with van der Waals surface area (Å²) in [6.07, 6.45) is 1.75. The van der Waals surface area contributed by atoms with Crippen molar-refractivity contribution in [2.75, 3.05) is 7.05 Å². The molecule has 1 aromatic heterocycles. The molecule has 84 valence electrons. The van der Waals surface area contributed by atoms with Crippen LogP contribution in [0.3, 0.4) is 0 Å². The highest BCUT2D eigenvalue weighted by atomic mass is 79.9. The molecule has 1 aromatic carbocycles. The van der Waals surface area contributed by atoms with E-state index in [-0.39, 0.29) is 0 Å². The number of aromatic nitrogens is 1. The van der Waals surface area contributed by atoms with Gasteiger partial charge < -0.3 is 9.73 Å². The average Bonchev–Trinajstić information content (AvgIpc) is 2.71. The Morgan fingerprint density at radius 3 is 2.94 bits per heavy atom. The van der Waals surface area contributed by atoms with Crippen molar-refractivity contribution in [2.45, 2.75) is 13.5 Å². The Hall–Kier alpha value is -1.13. The van der Waals surface area contributed by atoms with Gasteiger partial charge >= 0.3 is 0 Å². The summed E-state index contributed by atoms with van der Waals surface area (Å²) >= 11 is 3.51. The van der Waals surface area contributed by atoms with Gasteiger partial charge in [-0.2, -0.15) is 0 Å². The van der Waals surface area contributed by atoms with Crippen LogP contribution >= 0.6 is 15.9 Å². The SMILES string of the molecule is CNCc1ncc(-c2ccc(C)c(Br)c2)o1. The first-order chi connectivity index (χ1) is 7.70. The van der Waals surface area contributed by atoms with Crippen LogP contribution in [0.15, 0.2) is 33.3 Å². The number of benzene rings is 1. The number of rotatable bonds is 3. The molecule has 0 bridgehead atoms. The monoisotopic (exact) mass is 280 g/mol. The number of hydrogen-bond acceptors (Lipinski definition) is 3. The lowest BCUT2D eigenvalue weighted by Crippen LogP contribution is -2.04. The Morgan fingerprint density at radius 1 is 1.44 bits per heavy atom. The van der Waals surface area contributed by atoms with Crippen LogP contribution in [0.25, 0.3) is 11.3 Å². The molecule has 0 saturated heterocycles. The number of oxazole rings is 1. The second-order valence-electron chi connectivity index (χ2n) is 3.61. The van der Waals surface area contributed by atoms with Crippen molar-refractivity contribution in [1.82, 2.24) is 10.3 Å². The zero-order chi connectivity index (χ0) is 11.5. The van der Waals surface area contributed by atoms with Gasteiger partial charge in [0, 0.05) is 10.0 Å². The van der Waals surface area contributed by atoms with Gasteiger partial charge in [-0.05, 0) is 25.6 Å². The summed E-state index contributed by atoms with van der Waals surface area (Å²) in [5.74, 6) is 1.50. The van der Waals surface area contributed by atoms with Gasteiger partial charge in [0.15, 0.2) is 5.76 Å². The van der Waals surface area contributed by atoms with Crippen molar-refractivity contribution in [1.29, 1.82) is 0 Å². The topological polar surface area (TPSA) is 38.1 Å². The Labute approximate surface area is 103 Å². The standard InChI is InChI=1S/C12H13BrN2O/c1-8-3-4-9(5-10(8)13)11-6-15-12(16-11)7-14-2/h3-6,14H,7H2,1-2H3. The van der Waals surface area contributed by atoms with E-state index in [2.05, 4.69) is 39.2 Å². The second-order valence-corrected chi connectivity index (χ2v) is 4.47. The van der Waals surface area contributed by atoms with Crippen LogP contribution in [0.5, 0.6) is 0 Å². The number of hydrogen-bond donors (Lipinski definition) is 1. The minimum Gasteiger partial charge on any atom is -0.439 e. The molecule has 0 saturated carbocycles. The van der Waals surface area contributed by atoms with E-state index in [0.29, 0.717) is 12.4 Å². The van der Waals surface area contributed by atoms with Gasteiger partial charge in [-0.15, -0.1) is 0 Å². The van der Waals surface area contributed by atoms with Crippen molar-refractivity contribution >= 4 is 15.9 Å². The molecule has 1 heterocycles. The van der Waals surface area contributed by atoms with Crippen molar-refractivity contribution in [3.8, 4) is 11.3 Å². The third-order valence-electron chi connectivity index (χ3n) is 2.34. The first kappa shape index (κ1) is 11.4. The molecule has 0 amide bonds. The fourth-order valence-electron chi connectivity index (χ4n) is 1.42. The van der Waals surface area contributed by atoms with E-state index >= 15 is 0 Å². The van der Waals surface area contributed by atoms with E-state index in [1.54, 1.807) is 6.20 Å². The lowest BCUT2D eigenvalue weighted by atomic mass is 10.1. The number of halogens is 1. The highest BCUT2D eigenvalue weighted by molar-refractivity contribution is 9.10. The van der Waals surface area contributed by atoms with Crippen LogP contribution < -0.4 is 5.32 Å². The predicted molar refractivity (Wildman–Crippen MR) is 67.1 cm³/mol. The number of aryl methyl sites for hydroxylation is 1. The summed E-state index contributed by atoms with van der Waals surface area (Å²) in [4.78, 5) is 4.19. The van der Waals surface area contributed by atoms with Gasteiger partial charge in [-0.25, -0.2) is 4.98 Å². The van der Waals surface area contributed by atoms with Crippen LogP contribution in [0, 0.1) is 6.92 Å². The van der Waals surface area contributed by atoms with Crippen LogP contribution in [-0.4, -0.2) is 12.0 Å². The zero-order valence-corrected chi connectivity index (χ0v) is 10.8. The summed E-state index contributed by atoms with van der Waals surface area (Å²) < 4.78 is 6.69. The first-order valence-corrected chi connectivity index (χ1v) is 5.86. The Kier molecular flexibility index (Phi) is 3.41. The Morgan fingerprint density at radius 2 is 2.25 bits per heavy atom. The van der Waals surface area contributed by atoms with Gasteiger partial charge in [0.1, 0.15) is 0 Å². The molecule has 0 radical (unpaired) electrons. The molecule has 2 rings (SSSR count). The van der Waals surface area contributed by atoms with Gasteiger partial charge in [-0.3, -0.25) is 0 Å². The van der Waals surface area contributed by atoms with E-state index in [1.165, 1.54) is 5.56 Å². The molecule has 0 atom stereocenters. The summed E-state index contributed by atoms with van der Waals surface area (Å²) in [5.41, 5.74) is 2.24. The van der Waals surface area contributed by atoms with E-state index in [9.17, 15) is 0 Å². The van der Waals surface area contributed by atoms with Gasteiger partial charge in [0.25, 0.3) is 0 Å². The van der Waals surface area contributed by atoms with Crippen molar-refractivity contribution in [3.63, 3.8) is 0 Å². The van der Waals surface area contributed by atoms with E-state index in [0.717, 1.165) is 15.8 Å². The maximum atomic E-state index is 5.61. The molecule has 16 heavy (non-hydrogen) atoms. The third kappa shape index (κ3) is 2.33. The molecule has 4 heteroatoms. The van der Waals surface area contributed by atoms with Crippen LogP contribution in [0.4, 0.5) is 0 Å². The lowest BCUT2D eigenvalue weighted by Gasteiger charge is -2.00. The summed E-state index contributed by atoms with van der Waals surface area (Å²) in [7, 11) is 1.87. The minimum atomic E-state index is 0.646. The minimum absolute atomic E-state index is 0.646. The predicted octanol–water partition coefficient (Wildman–Crippen LogP) is 3.13. The highest BCUT2D eigenvalue weighted by Crippen LogP contribution is 2.26. The maximum Gasteiger partial charge on any atom is 0.208 e. The summed E-state index contributed by atoms with van der Waals surface area (Å²) in [6.45, 7) is 2.70. The number of nitrogens with zero attached hydrogens (tertiary/aromatic N) is 1. The van der Waals surface area contributed by atoms with Crippen molar-refractivity contribution in [2.24, 2.45) is 0 Å². The highest BCUT2D eigenvalue weighted by Gasteiger charge is 2.06. The first-order valence-electron chi connectivity index (χ1n) is 5.06. The third-order valence-corrected chi connectivity index (χ3v) is 3.19. The van der Waals surface area contributed by atoms with Crippen LogP contribution in [0.1, 0.15) is 11.5 Å². The molecule has 2 aromatic rings. The summed E-state index contributed by atoms with van der Waals surface area (Å²) in [5, 5.41) is 3.00. The molecule has 0 spiro atoms. The average molecular weight is 281 g/mol. The molecule has 0 aliphatic heterocycles. The lowest BCUT2D eigenvalue weighted by molar-refractivity contribution is 0.491. The van der Waals surface area contributed by atoms with Crippen molar-refractivity contribution in [3.05, 3.63) is 40.3 Å². The van der Waals surface area contributed by atoms with E-state index in [1.807, 2.05) is 19.2 Å². The molecule has 0 aliphatic carbocycles. The van der Waals surface area contributed by atoms with Crippen LogP contribution in [-0.2, 0) is 6.54 Å². The fraction of sp³-hybridized carbons (Fsp3) is 0.250. The summed E-state index contributed by atoms with van der Waals surface area (Å²) in [6, 6.07) is 6.13. The van der Waals surface area contributed by atoms with Crippen molar-refractivity contribution < 1.29 is 4.42 Å². The van der Waals surface area contributed by atoms with Crippen LogP contribution in [0.2, 0.25) is 0 Å². The molecular weight excluding hydrogens is 268 g/mol. The smallest absolute Gasteiger partial charge is 0.208 e. The molecular formula is C12H13BrN2O. The van der Waals surface area contributed by atoms with E-state index < -0.39 is 0 Å². The largest absolute Gasteiger partial charge is 0.439 e. The zero-order valence-electron chi connectivity index (χ0n) is 9.25. The maximum absolute atomic E-state index is 5.61. The van der Waals surface area contributed by atoms with Gasteiger partial charge in [0.2, 0.25) is 5.89 Å². The molecule has 0 unspecified atom stereocenters.